The molecule has 0 amide bonds. The lowest BCUT2D eigenvalue weighted by Crippen LogP contribution is -2.44. The van der Waals surface area contributed by atoms with Gasteiger partial charge < -0.3 is 4.74 Å². The van der Waals surface area contributed by atoms with E-state index >= 15 is 0 Å². The molecular formula is C22H38F2O. The lowest BCUT2D eigenvalue weighted by molar-refractivity contribution is -0.0765. The number of alkyl halides is 2. The van der Waals surface area contributed by atoms with Crippen molar-refractivity contribution in [2.75, 3.05) is 6.61 Å². The van der Waals surface area contributed by atoms with Crippen LogP contribution in [0.25, 0.3) is 0 Å². The van der Waals surface area contributed by atoms with E-state index in [4.69, 9.17) is 4.74 Å². The summed E-state index contributed by atoms with van der Waals surface area (Å²) in [7, 11) is 0. The Morgan fingerprint density at radius 2 is 1.60 bits per heavy atom. The largest absolute Gasteiger partial charge is 0.371 e. The van der Waals surface area contributed by atoms with Crippen LogP contribution in [0, 0.1) is 29.6 Å². The van der Waals surface area contributed by atoms with Crippen LogP contribution in [0.4, 0.5) is 8.78 Å². The summed E-state index contributed by atoms with van der Waals surface area (Å²) >= 11 is 0. The molecule has 0 saturated heterocycles. The van der Waals surface area contributed by atoms with Crippen LogP contribution in [0.1, 0.15) is 72.1 Å². The molecule has 0 N–H and O–H groups in total. The van der Waals surface area contributed by atoms with Crippen molar-refractivity contribution in [2.45, 2.75) is 90.6 Å². The Balaban J connectivity index is 1.76. The van der Waals surface area contributed by atoms with Crippen molar-refractivity contribution in [3.05, 3.63) is 12.7 Å². The summed E-state index contributed by atoms with van der Waals surface area (Å²) in [5, 5.41) is 0. The Kier molecular flexibility index (Phi) is 8.38. The van der Waals surface area contributed by atoms with E-state index in [0.29, 0.717) is 18.9 Å². The van der Waals surface area contributed by atoms with Gasteiger partial charge in [-0.3, -0.25) is 0 Å². The summed E-state index contributed by atoms with van der Waals surface area (Å²) in [4.78, 5) is 0. The molecule has 1 nitrogen and oxygen atoms in total. The lowest BCUT2D eigenvalue weighted by Gasteiger charge is -2.38. The predicted molar refractivity (Wildman–Crippen MR) is 101 cm³/mol. The Hall–Kier alpha value is -0.440. The van der Waals surface area contributed by atoms with E-state index in [9.17, 15) is 8.78 Å². The van der Waals surface area contributed by atoms with Crippen LogP contribution in [0.5, 0.6) is 0 Å². The summed E-state index contributed by atoms with van der Waals surface area (Å²) in [5.41, 5.74) is 0. The van der Waals surface area contributed by atoms with E-state index in [1.807, 2.05) is 0 Å². The third kappa shape index (κ3) is 5.77. The van der Waals surface area contributed by atoms with Gasteiger partial charge in [-0.25, -0.2) is 8.78 Å². The first-order chi connectivity index (χ1) is 11.9. The van der Waals surface area contributed by atoms with Gasteiger partial charge in [0.2, 0.25) is 0 Å². The van der Waals surface area contributed by atoms with Crippen molar-refractivity contribution in [1.82, 2.24) is 0 Å². The maximum absolute atomic E-state index is 14.6. The van der Waals surface area contributed by atoms with Crippen molar-refractivity contribution < 1.29 is 13.5 Å². The zero-order valence-corrected chi connectivity index (χ0v) is 16.4. The van der Waals surface area contributed by atoms with Crippen molar-refractivity contribution in [3.8, 4) is 0 Å². The fourth-order valence-electron chi connectivity index (χ4n) is 4.91. The summed E-state index contributed by atoms with van der Waals surface area (Å²) in [5.74, 6) is 2.52. The summed E-state index contributed by atoms with van der Waals surface area (Å²) < 4.78 is 34.4. The van der Waals surface area contributed by atoms with E-state index < -0.39 is 18.4 Å². The van der Waals surface area contributed by atoms with E-state index in [2.05, 4.69) is 27.4 Å². The van der Waals surface area contributed by atoms with Gasteiger partial charge in [-0.1, -0.05) is 52.5 Å². The first-order valence-electron chi connectivity index (χ1n) is 10.4. The van der Waals surface area contributed by atoms with Gasteiger partial charge in [-0.2, -0.15) is 0 Å². The highest BCUT2D eigenvalue weighted by Gasteiger charge is 2.42. The normalized spacial score (nSPS) is 38.9. The second-order valence-corrected chi connectivity index (χ2v) is 8.84. The van der Waals surface area contributed by atoms with E-state index in [0.717, 1.165) is 31.1 Å². The first kappa shape index (κ1) is 20.9. The van der Waals surface area contributed by atoms with Crippen molar-refractivity contribution in [1.29, 1.82) is 0 Å². The van der Waals surface area contributed by atoms with Crippen LogP contribution in [0.15, 0.2) is 12.7 Å². The smallest absolute Gasteiger partial charge is 0.157 e. The van der Waals surface area contributed by atoms with Crippen LogP contribution in [0.2, 0.25) is 0 Å². The quantitative estimate of drug-likeness (QED) is 0.450. The summed E-state index contributed by atoms with van der Waals surface area (Å²) in [6.07, 6.45) is 7.07. The topological polar surface area (TPSA) is 9.23 Å². The molecule has 2 aliphatic rings. The SMILES string of the molecule is C=CCOC1CCC(C(C)CCC(C)C2CCC(C)CC2)C(F)C1F. The molecule has 0 aliphatic heterocycles. The molecule has 146 valence electrons. The van der Waals surface area contributed by atoms with Crippen molar-refractivity contribution >= 4 is 0 Å². The molecular weight excluding hydrogens is 318 g/mol. The fraction of sp³-hybridized carbons (Fsp3) is 0.909. The Morgan fingerprint density at radius 1 is 0.960 bits per heavy atom. The van der Waals surface area contributed by atoms with E-state index in [1.54, 1.807) is 6.08 Å². The van der Waals surface area contributed by atoms with Gasteiger partial charge in [0.05, 0.1) is 12.7 Å². The van der Waals surface area contributed by atoms with Crippen LogP contribution in [0.3, 0.4) is 0 Å². The van der Waals surface area contributed by atoms with Crippen LogP contribution in [-0.4, -0.2) is 25.1 Å². The molecule has 0 aromatic carbocycles. The zero-order chi connectivity index (χ0) is 18.4. The molecule has 6 unspecified atom stereocenters. The van der Waals surface area contributed by atoms with Gasteiger partial charge in [-0.15, -0.1) is 6.58 Å². The van der Waals surface area contributed by atoms with Gasteiger partial charge in [-0.05, 0) is 55.3 Å². The summed E-state index contributed by atoms with van der Waals surface area (Å²) in [6.45, 7) is 10.7. The molecule has 2 saturated carbocycles. The lowest BCUT2D eigenvalue weighted by atomic mass is 9.72. The Morgan fingerprint density at radius 3 is 2.24 bits per heavy atom. The molecule has 2 rings (SSSR count). The Bertz CT molecular complexity index is 391. The first-order valence-corrected chi connectivity index (χ1v) is 10.4. The minimum absolute atomic E-state index is 0.155. The molecule has 0 aromatic rings. The minimum atomic E-state index is -1.49. The van der Waals surface area contributed by atoms with Gasteiger partial charge in [0.1, 0.15) is 6.17 Å². The fourth-order valence-corrected chi connectivity index (χ4v) is 4.91. The monoisotopic (exact) mass is 356 g/mol. The highest BCUT2D eigenvalue weighted by molar-refractivity contribution is 4.91. The molecule has 3 heteroatoms. The summed E-state index contributed by atoms with van der Waals surface area (Å²) in [6, 6.07) is 0. The third-order valence-corrected chi connectivity index (χ3v) is 6.95. The number of hydrogen-bond donors (Lipinski definition) is 0. The van der Waals surface area contributed by atoms with Crippen molar-refractivity contribution in [2.24, 2.45) is 29.6 Å². The highest BCUT2D eigenvalue weighted by atomic mass is 19.2. The second kappa shape index (κ2) is 10.0. The Labute approximate surface area is 153 Å². The standard InChI is InChI=1S/C22H38F2O/c1-5-14-25-20-13-12-19(21(23)22(20)24)17(4)9-8-16(3)18-10-6-15(2)7-11-18/h5,15-22H,1,6-14H2,2-4H3. The molecule has 6 atom stereocenters. The minimum Gasteiger partial charge on any atom is -0.371 e. The molecule has 25 heavy (non-hydrogen) atoms. The highest BCUT2D eigenvalue weighted by Crippen LogP contribution is 2.40. The van der Waals surface area contributed by atoms with Gasteiger partial charge >= 0.3 is 0 Å². The van der Waals surface area contributed by atoms with Crippen LogP contribution < -0.4 is 0 Å². The number of halogens is 2. The average Bonchev–Trinajstić information content (AvgIpc) is 2.61. The molecule has 0 heterocycles. The maximum atomic E-state index is 14.6. The second-order valence-electron chi connectivity index (χ2n) is 8.84. The van der Waals surface area contributed by atoms with Gasteiger partial charge in [0.25, 0.3) is 0 Å². The van der Waals surface area contributed by atoms with Crippen LogP contribution in [-0.2, 0) is 4.74 Å². The van der Waals surface area contributed by atoms with E-state index in [-0.39, 0.29) is 11.8 Å². The maximum Gasteiger partial charge on any atom is 0.157 e. The number of hydrogen-bond acceptors (Lipinski definition) is 1. The van der Waals surface area contributed by atoms with Crippen LogP contribution >= 0.6 is 0 Å². The zero-order valence-electron chi connectivity index (χ0n) is 16.4. The third-order valence-electron chi connectivity index (χ3n) is 6.95. The average molecular weight is 357 g/mol. The molecule has 0 spiro atoms. The molecule has 2 aliphatic carbocycles. The van der Waals surface area contributed by atoms with E-state index in [1.165, 1.54) is 25.7 Å². The van der Waals surface area contributed by atoms with Gasteiger partial charge in [0.15, 0.2) is 6.17 Å². The van der Waals surface area contributed by atoms with Gasteiger partial charge in [0, 0.05) is 0 Å². The molecule has 0 bridgehead atoms. The number of rotatable bonds is 8. The van der Waals surface area contributed by atoms with Crippen molar-refractivity contribution in [3.63, 3.8) is 0 Å². The predicted octanol–water partition coefficient (Wildman–Crippen LogP) is 6.52. The molecule has 0 radical (unpaired) electrons. The molecule has 2 fully saturated rings. The number of ether oxygens (including phenoxy) is 1. The molecule has 0 aromatic heterocycles.